The molecule has 166 valence electrons. The summed E-state index contributed by atoms with van der Waals surface area (Å²) in [7, 11) is 0. The van der Waals surface area contributed by atoms with Gasteiger partial charge < -0.3 is 9.80 Å². The molecule has 1 aliphatic rings. The molecule has 0 saturated heterocycles. The van der Waals surface area contributed by atoms with Crippen LogP contribution in [0.5, 0.6) is 0 Å². The van der Waals surface area contributed by atoms with E-state index in [-0.39, 0.29) is 0 Å². The Labute approximate surface area is 178 Å². The summed E-state index contributed by atoms with van der Waals surface area (Å²) in [4.78, 5) is 5.25. The standard InChI is InChI=1S/C26H52N2/c1-4-7-9-11-13-14-15-17-19-21-26-27(22-6-3)24-25-28(26)23-20-18-16-12-10-8-5-2/h24-26H,4-23H2,1-3H3. The van der Waals surface area contributed by atoms with Gasteiger partial charge >= 0.3 is 0 Å². The van der Waals surface area contributed by atoms with Crippen LogP contribution < -0.4 is 0 Å². The summed E-state index contributed by atoms with van der Waals surface area (Å²) in [5.41, 5.74) is 0. The fourth-order valence-corrected chi connectivity index (χ4v) is 4.49. The van der Waals surface area contributed by atoms with Crippen molar-refractivity contribution < 1.29 is 0 Å². The molecule has 1 rings (SSSR count). The first-order valence-electron chi connectivity index (χ1n) is 13.0. The predicted molar refractivity (Wildman–Crippen MR) is 126 cm³/mol. The minimum absolute atomic E-state index is 0.643. The smallest absolute Gasteiger partial charge is 0.101 e. The zero-order valence-corrected chi connectivity index (χ0v) is 19.8. The van der Waals surface area contributed by atoms with Crippen LogP contribution in [0.4, 0.5) is 0 Å². The molecule has 28 heavy (non-hydrogen) atoms. The molecule has 1 aliphatic heterocycles. The molecule has 0 aromatic rings. The molecule has 0 aliphatic carbocycles. The van der Waals surface area contributed by atoms with Gasteiger partial charge in [-0.05, 0) is 25.7 Å². The number of hydrogen-bond acceptors (Lipinski definition) is 2. The maximum absolute atomic E-state index is 2.65. The summed E-state index contributed by atoms with van der Waals surface area (Å²) in [5.74, 6) is 0. The molecule has 0 aromatic heterocycles. The highest BCUT2D eigenvalue weighted by Crippen LogP contribution is 2.23. The zero-order valence-electron chi connectivity index (χ0n) is 19.8. The predicted octanol–water partition coefficient (Wildman–Crippen LogP) is 8.48. The van der Waals surface area contributed by atoms with Crippen molar-refractivity contribution in [3.63, 3.8) is 0 Å². The summed E-state index contributed by atoms with van der Waals surface area (Å²) in [6.07, 6.45) is 30.7. The van der Waals surface area contributed by atoms with E-state index < -0.39 is 0 Å². The summed E-state index contributed by atoms with van der Waals surface area (Å²) >= 11 is 0. The molecule has 0 saturated carbocycles. The Balaban J connectivity index is 2.15. The van der Waals surface area contributed by atoms with Crippen LogP contribution >= 0.6 is 0 Å². The maximum Gasteiger partial charge on any atom is 0.101 e. The van der Waals surface area contributed by atoms with E-state index in [1.165, 1.54) is 129 Å². The Hall–Kier alpha value is -0.660. The molecule has 0 amide bonds. The van der Waals surface area contributed by atoms with Crippen molar-refractivity contribution in [2.24, 2.45) is 0 Å². The second-order valence-corrected chi connectivity index (χ2v) is 8.99. The Morgan fingerprint density at radius 2 is 0.893 bits per heavy atom. The van der Waals surface area contributed by atoms with Crippen molar-refractivity contribution >= 4 is 0 Å². The Morgan fingerprint density at radius 1 is 0.464 bits per heavy atom. The lowest BCUT2D eigenvalue weighted by Crippen LogP contribution is -2.39. The molecule has 2 heteroatoms. The molecule has 0 spiro atoms. The Kier molecular flexibility index (Phi) is 16.7. The summed E-state index contributed by atoms with van der Waals surface area (Å²) in [5, 5.41) is 0. The van der Waals surface area contributed by atoms with Gasteiger partial charge in [0.25, 0.3) is 0 Å². The van der Waals surface area contributed by atoms with Crippen molar-refractivity contribution in [2.45, 2.75) is 143 Å². The van der Waals surface area contributed by atoms with Crippen LogP contribution in [0.2, 0.25) is 0 Å². The van der Waals surface area contributed by atoms with E-state index >= 15 is 0 Å². The van der Waals surface area contributed by atoms with Crippen LogP contribution in [0.1, 0.15) is 136 Å². The monoisotopic (exact) mass is 392 g/mol. The van der Waals surface area contributed by atoms with E-state index in [0.717, 1.165) is 0 Å². The quantitative estimate of drug-likeness (QED) is 0.192. The van der Waals surface area contributed by atoms with Crippen LogP contribution in [-0.4, -0.2) is 29.1 Å². The lowest BCUT2D eigenvalue weighted by Gasteiger charge is -2.33. The Bertz CT molecular complexity index is 352. The van der Waals surface area contributed by atoms with Crippen LogP contribution in [0.15, 0.2) is 12.4 Å². The molecule has 2 nitrogen and oxygen atoms in total. The highest BCUT2D eigenvalue weighted by molar-refractivity contribution is 4.96. The second kappa shape index (κ2) is 18.4. The highest BCUT2D eigenvalue weighted by atomic mass is 15.4. The fourth-order valence-electron chi connectivity index (χ4n) is 4.49. The topological polar surface area (TPSA) is 6.48 Å². The number of unbranched alkanes of at least 4 members (excludes halogenated alkanes) is 14. The van der Waals surface area contributed by atoms with Gasteiger partial charge in [0.15, 0.2) is 0 Å². The number of rotatable bonds is 20. The highest BCUT2D eigenvalue weighted by Gasteiger charge is 2.24. The third kappa shape index (κ3) is 12.0. The van der Waals surface area contributed by atoms with Crippen molar-refractivity contribution in [1.82, 2.24) is 9.80 Å². The molecule has 0 radical (unpaired) electrons. The molecular weight excluding hydrogens is 340 g/mol. The van der Waals surface area contributed by atoms with Gasteiger partial charge in [-0.3, -0.25) is 0 Å². The van der Waals surface area contributed by atoms with Gasteiger partial charge in [-0.2, -0.15) is 0 Å². The Morgan fingerprint density at radius 3 is 1.39 bits per heavy atom. The first-order chi connectivity index (χ1) is 13.8. The molecular formula is C26H52N2. The first-order valence-corrected chi connectivity index (χ1v) is 13.0. The number of hydrogen-bond donors (Lipinski definition) is 0. The minimum atomic E-state index is 0.643. The van der Waals surface area contributed by atoms with Gasteiger partial charge in [-0.25, -0.2) is 0 Å². The third-order valence-corrected chi connectivity index (χ3v) is 6.28. The largest absolute Gasteiger partial charge is 0.356 e. The van der Waals surface area contributed by atoms with Crippen molar-refractivity contribution in [3.8, 4) is 0 Å². The van der Waals surface area contributed by atoms with Crippen LogP contribution in [0, 0.1) is 0 Å². The summed E-state index contributed by atoms with van der Waals surface area (Å²) in [6, 6.07) is 0. The van der Waals surface area contributed by atoms with Crippen LogP contribution in [-0.2, 0) is 0 Å². The normalized spacial score (nSPS) is 16.5. The van der Waals surface area contributed by atoms with Gasteiger partial charge in [0.2, 0.25) is 0 Å². The van der Waals surface area contributed by atoms with Crippen LogP contribution in [0.25, 0.3) is 0 Å². The van der Waals surface area contributed by atoms with E-state index in [1.54, 1.807) is 0 Å². The lowest BCUT2D eigenvalue weighted by atomic mass is 10.1. The molecule has 1 heterocycles. The zero-order chi connectivity index (χ0) is 20.3. The summed E-state index contributed by atoms with van der Waals surface area (Å²) < 4.78 is 0. The fraction of sp³-hybridized carbons (Fsp3) is 0.923. The number of nitrogens with zero attached hydrogens (tertiary/aromatic N) is 2. The average Bonchev–Trinajstić information content (AvgIpc) is 3.08. The average molecular weight is 393 g/mol. The van der Waals surface area contributed by atoms with Gasteiger partial charge in [0, 0.05) is 25.5 Å². The van der Waals surface area contributed by atoms with E-state index in [0.29, 0.717) is 6.17 Å². The van der Waals surface area contributed by atoms with Gasteiger partial charge in [-0.1, -0.05) is 111 Å². The molecule has 1 atom stereocenters. The van der Waals surface area contributed by atoms with E-state index in [4.69, 9.17) is 0 Å². The van der Waals surface area contributed by atoms with Gasteiger partial charge in [-0.15, -0.1) is 0 Å². The maximum atomic E-state index is 2.65. The van der Waals surface area contributed by atoms with Crippen molar-refractivity contribution in [3.05, 3.63) is 12.4 Å². The van der Waals surface area contributed by atoms with Gasteiger partial charge in [0.1, 0.15) is 6.17 Å². The SMILES string of the molecule is CCCCCCCCCCCC1N(CCC)C=CN1CCCCCCCCC. The molecule has 0 aromatic carbocycles. The molecule has 1 unspecified atom stereocenters. The van der Waals surface area contributed by atoms with E-state index in [1.807, 2.05) is 0 Å². The van der Waals surface area contributed by atoms with E-state index in [2.05, 4.69) is 43.0 Å². The lowest BCUT2D eigenvalue weighted by molar-refractivity contribution is 0.137. The van der Waals surface area contributed by atoms with Crippen molar-refractivity contribution in [2.75, 3.05) is 13.1 Å². The molecule has 0 N–H and O–H groups in total. The third-order valence-electron chi connectivity index (χ3n) is 6.28. The first kappa shape index (κ1) is 25.4. The van der Waals surface area contributed by atoms with Crippen molar-refractivity contribution in [1.29, 1.82) is 0 Å². The second-order valence-electron chi connectivity index (χ2n) is 8.99. The molecule has 0 bridgehead atoms. The van der Waals surface area contributed by atoms with Gasteiger partial charge in [0.05, 0.1) is 0 Å². The molecule has 0 fully saturated rings. The minimum Gasteiger partial charge on any atom is -0.356 e. The summed E-state index contributed by atoms with van der Waals surface area (Å²) in [6.45, 7) is 9.38. The van der Waals surface area contributed by atoms with Crippen LogP contribution in [0.3, 0.4) is 0 Å². The van der Waals surface area contributed by atoms with E-state index in [9.17, 15) is 0 Å².